The number of carbonyl (C=O) groups excluding carboxylic acids is 1. The summed E-state index contributed by atoms with van der Waals surface area (Å²) in [6.07, 6.45) is 4.76. The number of amides is 1. The topological polar surface area (TPSA) is 66.6 Å². The van der Waals surface area contributed by atoms with Gasteiger partial charge in [0.2, 0.25) is 5.91 Å². The molecule has 0 aromatic carbocycles. The highest BCUT2D eigenvalue weighted by Crippen LogP contribution is 2.31. The monoisotopic (exact) mass is 240 g/mol. The first-order chi connectivity index (χ1) is 8.13. The minimum atomic E-state index is 0.0633. The molecule has 0 bridgehead atoms. The molecule has 17 heavy (non-hydrogen) atoms. The van der Waals surface area contributed by atoms with E-state index in [0.717, 1.165) is 38.6 Å². The maximum atomic E-state index is 12.4. The third kappa shape index (κ3) is 2.63. The molecule has 1 heterocycles. The SMILES string of the molecule is CC1CC(C(=O)N2CCCC2CO)CCC1N. The van der Waals surface area contributed by atoms with Crippen LogP contribution < -0.4 is 5.73 Å². The van der Waals surface area contributed by atoms with Crippen LogP contribution in [0.5, 0.6) is 0 Å². The number of nitrogens with two attached hydrogens (primary N) is 1. The fourth-order valence-corrected chi connectivity index (χ4v) is 3.19. The second kappa shape index (κ2) is 5.36. The fourth-order valence-electron chi connectivity index (χ4n) is 3.19. The standard InChI is InChI=1S/C13H24N2O2/c1-9-7-10(4-5-12(9)14)13(17)15-6-2-3-11(15)8-16/h9-12,16H,2-8,14H2,1H3. The Hall–Kier alpha value is -0.610. The maximum absolute atomic E-state index is 12.4. The molecule has 1 saturated carbocycles. The van der Waals surface area contributed by atoms with Crippen LogP contribution in [0.4, 0.5) is 0 Å². The van der Waals surface area contributed by atoms with Crippen molar-refractivity contribution in [1.29, 1.82) is 0 Å². The number of hydrogen-bond donors (Lipinski definition) is 2. The molecule has 4 atom stereocenters. The summed E-state index contributed by atoms with van der Waals surface area (Å²) in [4.78, 5) is 14.3. The lowest BCUT2D eigenvalue weighted by Gasteiger charge is -2.34. The van der Waals surface area contributed by atoms with Crippen molar-refractivity contribution in [3.8, 4) is 0 Å². The van der Waals surface area contributed by atoms with Gasteiger partial charge in [0.1, 0.15) is 0 Å². The summed E-state index contributed by atoms with van der Waals surface area (Å²) in [7, 11) is 0. The van der Waals surface area contributed by atoms with Crippen LogP contribution in [0.15, 0.2) is 0 Å². The first-order valence-electron chi connectivity index (χ1n) is 6.80. The molecule has 4 nitrogen and oxygen atoms in total. The fraction of sp³-hybridized carbons (Fsp3) is 0.923. The van der Waals surface area contributed by atoms with Crippen molar-refractivity contribution in [3.05, 3.63) is 0 Å². The Bertz CT molecular complexity index is 283. The zero-order valence-corrected chi connectivity index (χ0v) is 10.6. The van der Waals surface area contributed by atoms with Gasteiger partial charge in [-0.15, -0.1) is 0 Å². The van der Waals surface area contributed by atoms with E-state index in [2.05, 4.69) is 6.92 Å². The van der Waals surface area contributed by atoms with Crippen LogP contribution in [0.2, 0.25) is 0 Å². The summed E-state index contributed by atoms with van der Waals surface area (Å²) in [6.45, 7) is 3.06. The van der Waals surface area contributed by atoms with Crippen LogP contribution in [-0.4, -0.2) is 41.1 Å². The van der Waals surface area contributed by atoms with Crippen molar-refractivity contribution in [2.75, 3.05) is 13.2 Å². The molecule has 2 aliphatic rings. The lowest BCUT2D eigenvalue weighted by molar-refractivity contribution is -0.138. The van der Waals surface area contributed by atoms with Crippen LogP contribution in [0.25, 0.3) is 0 Å². The minimum absolute atomic E-state index is 0.0633. The average molecular weight is 240 g/mol. The van der Waals surface area contributed by atoms with Crippen LogP contribution in [0.3, 0.4) is 0 Å². The highest BCUT2D eigenvalue weighted by molar-refractivity contribution is 5.79. The van der Waals surface area contributed by atoms with Gasteiger partial charge in [-0.05, 0) is 38.0 Å². The number of aliphatic hydroxyl groups is 1. The number of carbonyl (C=O) groups is 1. The zero-order chi connectivity index (χ0) is 12.4. The normalized spacial score (nSPS) is 38.4. The Morgan fingerprint density at radius 1 is 1.41 bits per heavy atom. The summed E-state index contributed by atoms with van der Waals surface area (Å²) in [5, 5.41) is 9.26. The Morgan fingerprint density at radius 2 is 2.18 bits per heavy atom. The molecule has 1 aliphatic heterocycles. The summed E-state index contributed by atoms with van der Waals surface area (Å²) >= 11 is 0. The molecule has 0 radical (unpaired) electrons. The third-order valence-corrected chi connectivity index (χ3v) is 4.46. The summed E-state index contributed by atoms with van der Waals surface area (Å²) < 4.78 is 0. The van der Waals surface area contributed by atoms with Gasteiger partial charge in [-0.25, -0.2) is 0 Å². The molecule has 0 aromatic rings. The van der Waals surface area contributed by atoms with E-state index in [1.165, 1.54) is 0 Å². The lowest BCUT2D eigenvalue weighted by Crippen LogP contribution is -2.45. The minimum Gasteiger partial charge on any atom is -0.394 e. The van der Waals surface area contributed by atoms with E-state index >= 15 is 0 Å². The quantitative estimate of drug-likeness (QED) is 0.748. The average Bonchev–Trinajstić information content (AvgIpc) is 2.80. The Balaban J connectivity index is 1.95. The van der Waals surface area contributed by atoms with Crippen molar-refractivity contribution in [3.63, 3.8) is 0 Å². The molecule has 2 fully saturated rings. The van der Waals surface area contributed by atoms with Crippen molar-refractivity contribution in [2.45, 2.75) is 51.1 Å². The van der Waals surface area contributed by atoms with E-state index in [0.29, 0.717) is 5.92 Å². The highest BCUT2D eigenvalue weighted by Gasteiger charge is 2.36. The van der Waals surface area contributed by atoms with Gasteiger partial charge in [0.05, 0.1) is 12.6 Å². The molecule has 1 amide bonds. The Labute approximate surface area is 103 Å². The molecule has 0 spiro atoms. The zero-order valence-electron chi connectivity index (χ0n) is 10.6. The van der Waals surface area contributed by atoms with Crippen LogP contribution in [0, 0.1) is 11.8 Å². The number of likely N-dealkylation sites (tertiary alicyclic amines) is 1. The summed E-state index contributed by atoms with van der Waals surface area (Å²) in [6, 6.07) is 0.319. The molecule has 4 unspecified atom stereocenters. The van der Waals surface area contributed by atoms with Gasteiger partial charge >= 0.3 is 0 Å². The van der Waals surface area contributed by atoms with Gasteiger partial charge in [0, 0.05) is 18.5 Å². The number of aliphatic hydroxyl groups excluding tert-OH is 1. The van der Waals surface area contributed by atoms with Crippen molar-refractivity contribution >= 4 is 5.91 Å². The van der Waals surface area contributed by atoms with E-state index in [-0.39, 0.29) is 30.5 Å². The molecule has 3 N–H and O–H groups in total. The van der Waals surface area contributed by atoms with Crippen LogP contribution in [0.1, 0.15) is 39.0 Å². The van der Waals surface area contributed by atoms with E-state index in [1.54, 1.807) is 0 Å². The number of rotatable bonds is 2. The van der Waals surface area contributed by atoms with Crippen LogP contribution >= 0.6 is 0 Å². The van der Waals surface area contributed by atoms with Gasteiger partial charge in [0.25, 0.3) is 0 Å². The second-order valence-electron chi connectivity index (χ2n) is 5.66. The van der Waals surface area contributed by atoms with Crippen molar-refractivity contribution in [1.82, 2.24) is 4.90 Å². The van der Waals surface area contributed by atoms with Crippen molar-refractivity contribution < 1.29 is 9.90 Å². The first kappa shape index (κ1) is 12.8. The number of hydrogen-bond acceptors (Lipinski definition) is 3. The predicted molar refractivity (Wildman–Crippen MR) is 66.3 cm³/mol. The van der Waals surface area contributed by atoms with Crippen molar-refractivity contribution in [2.24, 2.45) is 17.6 Å². The first-order valence-corrected chi connectivity index (χ1v) is 6.80. The third-order valence-electron chi connectivity index (χ3n) is 4.46. The molecule has 1 saturated heterocycles. The molecule has 98 valence electrons. The smallest absolute Gasteiger partial charge is 0.226 e. The predicted octanol–water partition coefficient (Wildman–Crippen LogP) is 0.733. The van der Waals surface area contributed by atoms with E-state index in [9.17, 15) is 9.90 Å². The lowest BCUT2D eigenvalue weighted by atomic mass is 9.78. The van der Waals surface area contributed by atoms with E-state index in [1.807, 2.05) is 4.90 Å². The van der Waals surface area contributed by atoms with Gasteiger partial charge in [-0.2, -0.15) is 0 Å². The summed E-state index contributed by atoms with van der Waals surface area (Å²) in [5.74, 6) is 0.824. The van der Waals surface area contributed by atoms with E-state index in [4.69, 9.17) is 5.73 Å². The molecule has 2 rings (SSSR count). The van der Waals surface area contributed by atoms with Gasteiger partial charge in [0.15, 0.2) is 0 Å². The molecular weight excluding hydrogens is 216 g/mol. The molecule has 0 aromatic heterocycles. The summed E-state index contributed by atoms with van der Waals surface area (Å²) in [5.41, 5.74) is 5.98. The second-order valence-corrected chi connectivity index (χ2v) is 5.66. The Morgan fingerprint density at radius 3 is 2.82 bits per heavy atom. The molecular formula is C13H24N2O2. The largest absolute Gasteiger partial charge is 0.394 e. The molecule has 1 aliphatic carbocycles. The number of nitrogens with zero attached hydrogens (tertiary/aromatic N) is 1. The van der Waals surface area contributed by atoms with Gasteiger partial charge in [-0.1, -0.05) is 6.92 Å². The maximum Gasteiger partial charge on any atom is 0.226 e. The van der Waals surface area contributed by atoms with E-state index < -0.39 is 0 Å². The Kier molecular flexibility index (Phi) is 4.05. The molecule has 4 heteroatoms. The van der Waals surface area contributed by atoms with Crippen LogP contribution in [-0.2, 0) is 4.79 Å². The van der Waals surface area contributed by atoms with Gasteiger partial charge in [-0.3, -0.25) is 4.79 Å². The van der Waals surface area contributed by atoms with Gasteiger partial charge < -0.3 is 15.7 Å². The highest BCUT2D eigenvalue weighted by atomic mass is 16.3.